The van der Waals surface area contributed by atoms with E-state index >= 15 is 0 Å². The third-order valence-electron chi connectivity index (χ3n) is 3.93. The molecule has 0 aliphatic heterocycles. The van der Waals surface area contributed by atoms with Crippen molar-refractivity contribution in [1.82, 2.24) is 9.78 Å². The number of rotatable bonds is 5. The van der Waals surface area contributed by atoms with Gasteiger partial charge in [-0.25, -0.2) is 4.68 Å². The van der Waals surface area contributed by atoms with Crippen LogP contribution in [0.5, 0.6) is 0 Å². The molecule has 0 fully saturated rings. The van der Waals surface area contributed by atoms with Gasteiger partial charge in [0.1, 0.15) is 0 Å². The van der Waals surface area contributed by atoms with Gasteiger partial charge in [0.15, 0.2) is 0 Å². The summed E-state index contributed by atoms with van der Waals surface area (Å²) in [5.74, 6) is -0.0904. The van der Waals surface area contributed by atoms with Crippen molar-refractivity contribution in [2.75, 3.05) is 0 Å². The zero-order chi connectivity index (χ0) is 18.7. The van der Waals surface area contributed by atoms with Crippen LogP contribution in [0.4, 0.5) is 5.69 Å². The molecule has 0 atom stereocenters. The van der Waals surface area contributed by atoms with Gasteiger partial charge < -0.3 is 0 Å². The van der Waals surface area contributed by atoms with Crippen LogP contribution < -0.4 is 0 Å². The lowest BCUT2D eigenvalue weighted by molar-refractivity contribution is -0.384. The van der Waals surface area contributed by atoms with Crippen molar-refractivity contribution in [3.05, 3.63) is 81.7 Å². The van der Waals surface area contributed by atoms with Crippen molar-refractivity contribution in [2.45, 2.75) is 30.1 Å². The molecule has 7 heteroatoms. The standard InChI is InChI=1S/C19H17N3O3S/c1-13-19(26-17-10-8-16(9-11-17)22(24)25)14(2)21(20-13)18(23)12-15-6-4-3-5-7-15/h3-11H,12H2,1-2H3. The lowest BCUT2D eigenvalue weighted by Crippen LogP contribution is -2.16. The molecule has 0 bridgehead atoms. The number of nitro groups is 1. The number of aromatic nitrogens is 2. The van der Waals surface area contributed by atoms with Gasteiger partial charge in [0.25, 0.3) is 11.6 Å². The van der Waals surface area contributed by atoms with Crippen LogP contribution in [-0.2, 0) is 6.42 Å². The molecule has 0 aliphatic carbocycles. The average molecular weight is 367 g/mol. The number of carbonyl (C=O) groups is 1. The number of hydrogen-bond acceptors (Lipinski definition) is 5. The largest absolute Gasteiger partial charge is 0.272 e. The summed E-state index contributed by atoms with van der Waals surface area (Å²) in [4.78, 5) is 24.7. The molecule has 1 heterocycles. The second-order valence-electron chi connectivity index (χ2n) is 5.82. The summed E-state index contributed by atoms with van der Waals surface area (Å²) >= 11 is 1.45. The summed E-state index contributed by atoms with van der Waals surface area (Å²) in [6.45, 7) is 3.71. The maximum atomic E-state index is 12.6. The zero-order valence-electron chi connectivity index (χ0n) is 14.4. The molecule has 26 heavy (non-hydrogen) atoms. The van der Waals surface area contributed by atoms with Crippen molar-refractivity contribution < 1.29 is 9.72 Å². The number of non-ortho nitro benzene ring substituents is 1. The molecule has 1 aromatic heterocycles. The van der Waals surface area contributed by atoms with E-state index in [9.17, 15) is 14.9 Å². The first-order valence-electron chi connectivity index (χ1n) is 8.01. The molecular formula is C19H17N3O3S. The van der Waals surface area contributed by atoms with Gasteiger partial charge in [0.05, 0.1) is 27.6 Å². The van der Waals surface area contributed by atoms with Gasteiger partial charge in [-0.05, 0) is 31.5 Å². The topological polar surface area (TPSA) is 78.0 Å². The number of carbonyl (C=O) groups excluding carboxylic acids is 1. The Balaban J connectivity index is 1.81. The van der Waals surface area contributed by atoms with Crippen molar-refractivity contribution in [1.29, 1.82) is 0 Å². The first-order chi connectivity index (χ1) is 12.5. The minimum absolute atomic E-state index is 0.0523. The van der Waals surface area contributed by atoms with E-state index in [0.717, 1.165) is 26.7 Å². The van der Waals surface area contributed by atoms with E-state index < -0.39 is 4.92 Å². The summed E-state index contributed by atoms with van der Waals surface area (Å²) in [6.07, 6.45) is 0.282. The normalized spacial score (nSPS) is 10.7. The van der Waals surface area contributed by atoms with E-state index in [-0.39, 0.29) is 18.0 Å². The Morgan fingerprint density at radius 3 is 2.38 bits per heavy atom. The molecule has 132 valence electrons. The fourth-order valence-electron chi connectivity index (χ4n) is 2.62. The summed E-state index contributed by atoms with van der Waals surface area (Å²) in [6, 6.07) is 15.9. The van der Waals surface area contributed by atoms with Gasteiger partial charge in [-0.2, -0.15) is 5.10 Å². The molecule has 0 spiro atoms. The van der Waals surface area contributed by atoms with Gasteiger partial charge in [-0.3, -0.25) is 14.9 Å². The van der Waals surface area contributed by atoms with Gasteiger partial charge in [-0.1, -0.05) is 42.1 Å². The highest BCUT2D eigenvalue weighted by Gasteiger charge is 2.18. The van der Waals surface area contributed by atoms with E-state index in [1.165, 1.54) is 28.6 Å². The molecule has 0 saturated carbocycles. The predicted molar refractivity (Wildman–Crippen MR) is 99.7 cm³/mol. The number of benzene rings is 2. The average Bonchev–Trinajstić information content (AvgIpc) is 2.91. The zero-order valence-corrected chi connectivity index (χ0v) is 15.2. The molecule has 0 unspecified atom stereocenters. The molecule has 6 nitrogen and oxygen atoms in total. The first-order valence-corrected chi connectivity index (χ1v) is 8.83. The third-order valence-corrected chi connectivity index (χ3v) is 5.23. The Morgan fingerprint density at radius 1 is 1.12 bits per heavy atom. The number of hydrogen-bond donors (Lipinski definition) is 0. The van der Waals surface area contributed by atoms with E-state index in [1.54, 1.807) is 12.1 Å². The second kappa shape index (κ2) is 7.53. The molecule has 3 rings (SSSR count). The maximum Gasteiger partial charge on any atom is 0.269 e. The highest BCUT2D eigenvalue weighted by molar-refractivity contribution is 7.99. The lowest BCUT2D eigenvalue weighted by atomic mass is 10.1. The minimum Gasteiger partial charge on any atom is -0.272 e. The van der Waals surface area contributed by atoms with E-state index in [2.05, 4.69) is 5.10 Å². The summed E-state index contributed by atoms with van der Waals surface area (Å²) in [5, 5.41) is 15.1. The Labute approximate surface area is 155 Å². The van der Waals surface area contributed by atoms with Crippen LogP contribution in [0.15, 0.2) is 64.4 Å². The fraction of sp³-hybridized carbons (Fsp3) is 0.158. The summed E-state index contributed by atoms with van der Waals surface area (Å²) in [7, 11) is 0. The molecule has 2 aromatic carbocycles. The van der Waals surface area contributed by atoms with Gasteiger partial charge in [-0.15, -0.1) is 0 Å². The van der Waals surface area contributed by atoms with Gasteiger partial charge in [0.2, 0.25) is 0 Å². The van der Waals surface area contributed by atoms with Crippen molar-refractivity contribution >= 4 is 23.4 Å². The highest BCUT2D eigenvalue weighted by Crippen LogP contribution is 2.33. The van der Waals surface area contributed by atoms with Gasteiger partial charge in [0, 0.05) is 17.0 Å². The maximum absolute atomic E-state index is 12.6. The first kappa shape index (κ1) is 17.9. The smallest absolute Gasteiger partial charge is 0.269 e. The molecule has 0 saturated heterocycles. The second-order valence-corrected chi connectivity index (χ2v) is 6.90. The fourth-order valence-corrected chi connectivity index (χ4v) is 3.55. The van der Waals surface area contributed by atoms with Crippen LogP contribution in [-0.4, -0.2) is 20.6 Å². The van der Waals surface area contributed by atoms with Crippen LogP contribution in [0.25, 0.3) is 0 Å². The third kappa shape index (κ3) is 3.83. The van der Waals surface area contributed by atoms with E-state index in [1.807, 2.05) is 44.2 Å². The molecule has 0 radical (unpaired) electrons. The molecule has 0 N–H and O–H groups in total. The van der Waals surface area contributed by atoms with Crippen LogP contribution in [0, 0.1) is 24.0 Å². The van der Waals surface area contributed by atoms with E-state index in [0.29, 0.717) is 0 Å². The van der Waals surface area contributed by atoms with Crippen LogP contribution in [0.1, 0.15) is 21.7 Å². The van der Waals surface area contributed by atoms with Gasteiger partial charge >= 0.3 is 0 Å². The van der Waals surface area contributed by atoms with E-state index in [4.69, 9.17) is 0 Å². The van der Waals surface area contributed by atoms with Crippen molar-refractivity contribution in [2.24, 2.45) is 0 Å². The molecule has 0 aliphatic rings. The number of nitro benzene ring substituents is 1. The van der Waals surface area contributed by atoms with Crippen molar-refractivity contribution in [3.8, 4) is 0 Å². The lowest BCUT2D eigenvalue weighted by Gasteiger charge is -2.05. The Bertz CT molecular complexity index is 950. The minimum atomic E-state index is -0.425. The van der Waals surface area contributed by atoms with Crippen molar-refractivity contribution in [3.63, 3.8) is 0 Å². The molecular weight excluding hydrogens is 350 g/mol. The SMILES string of the molecule is Cc1nn(C(=O)Cc2ccccc2)c(C)c1Sc1ccc([N+](=O)[O-])cc1. The van der Waals surface area contributed by atoms with Crippen LogP contribution in [0.2, 0.25) is 0 Å². The quantitative estimate of drug-likeness (QED) is 0.492. The molecule has 3 aromatic rings. The Kier molecular flexibility index (Phi) is 5.18. The predicted octanol–water partition coefficient (Wildman–Crippen LogP) is 4.44. The van der Waals surface area contributed by atoms with Crippen LogP contribution >= 0.6 is 11.8 Å². The Hall–Kier alpha value is -2.93. The summed E-state index contributed by atoms with van der Waals surface area (Å²) < 4.78 is 1.44. The van der Waals surface area contributed by atoms with Crippen LogP contribution in [0.3, 0.4) is 0 Å². The number of nitrogens with zero attached hydrogens (tertiary/aromatic N) is 3. The summed E-state index contributed by atoms with van der Waals surface area (Å²) in [5.41, 5.74) is 2.52. The number of aryl methyl sites for hydroxylation is 1. The Morgan fingerprint density at radius 2 is 1.77 bits per heavy atom. The highest BCUT2D eigenvalue weighted by atomic mass is 32.2. The monoisotopic (exact) mass is 367 g/mol. The molecule has 0 amide bonds.